The number of nitrogens with one attached hydrogen (secondary N) is 2. The van der Waals surface area contributed by atoms with E-state index in [4.69, 9.17) is 5.11 Å². The number of anilines is 4. The highest BCUT2D eigenvalue weighted by Crippen LogP contribution is 2.32. The first kappa shape index (κ1) is 25.8. The Morgan fingerprint density at radius 2 is 1.97 bits per heavy atom. The molecule has 2 aliphatic heterocycles. The lowest BCUT2D eigenvalue weighted by molar-refractivity contribution is -0.107. The molecule has 1 unspecified atom stereocenters. The molecule has 3 N–H and O–H groups in total. The fourth-order valence-corrected chi connectivity index (χ4v) is 5.59. The fraction of sp³-hybridized carbons (Fsp3) is 0.500. The van der Waals surface area contributed by atoms with E-state index in [0.717, 1.165) is 51.6 Å². The third-order valence-corrected chi connectivity index (χ3v) is 7.73. The predicted molar refractivity (Wildman–Crippen MR) is 138 cm³/mol. The first-order chi connectivity index (χ1) is 17.3. The van der Waals surface area contributed by atoms with Crippen LogP contribution in [0.1, 0.15) is 48.2 Å². The van der Waals surface area contributed by atoms with Crippen molar-refractivity contribution < 1.29 is 23.1 Å². The molecule has 0 saturated carbocycles. The number of aliphatic hydroxyl groups is 1. The number of amides is 2. The number of hydrogen-bond donors (Lipinski definition) is 3. The highest BCUT2D eigenvalue weighted by molar-refractivity contribution is 7.92. The van der Waals surface area contributed by atoms with Crippen molar-refractivity contribution in [3.05, 3.63) is 35.5 Å². The average molecular weight is 517 g/mol. The third kappa shape index (κ3) is 6.30. The van der Waals surface area contributed by atoms with Gasteiger partial charge in [-0.3, -0.25) is 19.2 Å². The van der Waals surface area contributed by atoms with Crippen LogP contribution in [0.2, 0.25) is 0 Å². The Morgan fingerprint density at radius 1 is 1.17 bits per heavy atom. The summed E-state index contributed by atoms with van der Waals surface area (Å²) in [5, 5.41) is 11.9. The second-order valence-corrected chi connectivity index (χ2v) is 11.1. The molecule has 4 rings (SSSR count). The predicted octanol–water partition coefficient (Wildman–Crippen LogP) is 2.13. The number of aliphatic hydroxyl groups excluding tert-OH is 1. The molecule has 12 heteroatoms. The summed E-state index contributed by atoms with van der Waals surface area (Å²) in [5.41, 5.74) is 1.97. The second kappa shape index (κ2) is 11.2. The Bertz CT molecular complexity index is 1220. The molecule has 36 heavy (non-hydrogen) atoms. The van der Waals surface area contributed by atoms with Crippen LogP contribution in [0.15, 0.2) is 24.3 Å². The Morgan fingerprint density at radius 3 is 2.75 bits per heavy atom. The van der Waals surface area contributed by atoms with Crippen LogP contribution in [0, 0.1) is 12.8 Å². The lowest BCUT2D eigenvalue weighted by atomic mass is 9.92. The second-order valence-electron chi connectivity index (χ2n) is 9.27. The summed E-state index contributed by atoms with van der Waals surface area (Å²) >= 11 is 0. The van der Waals surface area contributed by atoms with E-state index < -0.39 is 28.3 Å². The number of aryl methyl sites for hydroxylation is 1. The number of aromatic nitrogens is 2. The van der Waals surface area contributed by atoms with Gasteiger partial charge in [-0.05, 0) is 56.7 Å². The van der Waals surface area contributed by atoms with Gasteiger partial charge in [0, 0.05) is 31.4 Å². The smallest absolute Gasteiger partial charge is 0.258 e. The highest BCUT2D eigenvalue weighted by atomic mass is 32.2. The van der Waals surface area contributed by atoms with Gasteiger partial charge in [-0.2, -0.15) is 4.98 Å². The number of benzene rings is 1. The van der Waals surface area contributed by atoms with Gasteiger partial charge in [0.05, 0.1) is 29.3 Å². The molecule has 194 valence electrons. The van der Waals surface area contributed by atoms with Gasteiger partial charge in [-0.25, -0.2) is 13.4 Å². The Labute approximate surface area is 211 Å². The molecule has 0 radical (unpaired) electrons. The highest BCUT2D eigenvalue weighted by Gasteiger charge is 2.25. The van der Waals surface area contributed by atoms with Gasteiger partial charge < -0.3 is 15.3 Å². The Balaban J connectivity index is 1.74. The molecule has 1 atom stereocenters. The maximum Gasteiger partial charge on any atom is 0.258 e. The number of fused-ring (bicyclic) bond motifs is 6. The van der Waals surface area contributed by atoms with Crippen LogP contribution < -0.4 is 19.8 Å². The number of nitrogens with zero attached hydrogens (tertiary/aromatic N) is 4. The van der Waals surface area contributed by atoms with Crippen molar-refractivity contribution in [3.63, 3.8) is 0 Å². The third-order valence-electron chi connectivity index (χ3n) is 6.46. The summed E-state index contributed by atoms with van der Waals surface area (Å²) in [6.07, 6.45) is 5.47. The van der Waals surface area contributed by atoms with Crippen molar-refractivity contribution >= 4 is 45.5 Å². The SMILES string of the molecule is Cc1cc2nc(n1)N(C=O)CCCCC1CCCN(C1)c1cc(NS(=O)(=O)CCO)ccc1C(=O)N2. The number of piperidine rings is 1. The number of rotatable bonds is 5. The fourth-order valence-electron chi connectivity index (χ4n) is 4.76. The summed E-state index contributed by atoms with van der Waals surface area (Å²) in [7, 11) is -3.72. The lowest BCUT2D eigenvalue weighted by Crippen LogP contribution is -2.36. The van der Waals surface area contributed by atoms with Crippen LogP contribution in [0.25, 0.3) is 0 Å². The van der Waals surface area contributed by atoms with Gasteiger partial charge in [-0.1, -0.05) is 6.42 Å². The summed E-state index contributed by atoms with van der Waals surface area (Å²) in [6.45, 7) is 3.27. The molecule has 0 aliphatic carbocycles. The molecule has 4 bridgehead atoms. The number of sulfonamides is 1. The quantitative estimate of drug-likeness (QED) is 0.513. The normalized spacial score (nSPS) is 18.9. The summed E-state index contributed by atoms with van der Waals surface area (Å²) in [5.74, 6) is 0.127. The number of carbonyl (C=O) groups excluding carboxylic acids is 2. The van der Waals surface area contributed by atoms with Gasteiger partial charge in [0.1, 0.15) is 5.82 Å². The summed E-state index contributed by atoms with van der Waals surface area (Å²) in [4.78, 5) is 37.5. The minimum absolute atomic E-state index is 0.242. The zero-order valence-corrected chi connectivity index (χ0v) is 21.1. The van der Waals surface area contributed by atoms with E-state index in [1.54, 1.807) is 25.1 Å². The lowest BCUT2D eigenvalue weighted by Gasteiger charge is -2.35. The van der Waals surface area contributed by atoms with Gasteiger partial charge in [0.15, 0.2) is 0 Å². The Hall–Kier alpha value is -3.25. The molecule has 1 fully saturated rings. The summed E-state index contributed by atoms with van der Waals surface area (Å²) < 4.78 is 27.0. The molecule has 1 aromatic carbocycles. The first-order valence-electron chi connectivity index (χ1n) is 12.2. The van der Waals surface area contributed by atoms with E-state index >= 15 is 0 Å². The minimum Gasteiger partial charge on any atom is -0.395 e. The molecule has 1 saturated heterocycles. The van der Waals surface area contributed by atoms with E-state index in [0.29, 0.717) is 35.1 Å². The van der Waals surface area contributed by atoms with E-state index in [1.165, 1.54) is 11.0 Å². The van der Waals surface area contributed by atoms with Crippen LogP contribution in [0.4, 0.5) is 23.1 Å². The van der Waals surface area contributed by atoms with Crippen LogP contribution in [-0.4, -0.2) is 67.8 Å². The van der Waals surface area contributed by atoms with Crippen LogP contribution in [-0.2, 0) is 14.8 Å². The standard InChI is InChI=1S/C24H32N6O5S/c1-17-13-22-26-23(33)20-8-7-19(28-36(34,35)12-11-31)14-21(20)29-10-4-6-18(15-29)5-2-3-9-30(16-32)24(25-17)27-22/h7-8,13-14,16,18,28,31H,2-6,9-12,15H2,1H3,(H,25,26,27,33). The van der Waals surface area contributed by atoms with Crippen molar-refractivity contribution in [2.24, 2.45) is 5.92 Å². The largest absolute Gasteiger partial charge is 0.395 e. The van der Waals surface area contributed by atoms with Crippen molar-refractivity contribution in [2.45, 2.75) is 39.0 Å². The monoisotopic (exact) mass is 516 g/mol. The van der Waals surface area contributed by atoms with E-state index in [1.807, 2.05) is 0 Å². The van der Waals surface area contributed by atoms with Crippen LogP contribution in [0.5, 0.6) is 0 Å². The van der Waals surface area contributed by atoms with Crippen molar-refractivity contribution in [1.29, 1.82) is 0 Å². The topological polar surface area (TPSA) is 145 Å². The first-order valence-corrected chi connectivity index (χ1v) is 13.8. The van der Waals surface area contributed by atoms with Crippen molar-refractivity contribution in [1.82, 2.24) is 9.97 Å². The van der Waals surface area contributed by atoms with Gasteiger partial charge in [0.2, 0.25) is 22.4 Å². The van der Waals surface area contributed by atoms with Gasteiger partial charge in [-0.15, -0.1) is 0 Å². The molecule has 0 spiro atoms. The van der Waals surface area contributed by atoms with Crippen LogP contribution in [0.3, 0.4) is 0 Å². The minimum atomic E-state index is -3.72. The molecular weight excluding hydrogens is 484 g/mol. The van der Waals surface area contributed by atoms with E-state index in [2.05, 4.69) is 24.9 Å². The molecule has 2 aromatic rings. The maximum atomic E-state index is 13.4. The van der Waals surface area contributed by atoms with Gasteiger partial charge >= 0.3 is 0 Å². The van der Waals surface area contributed by atoms with E-state index in [-0.39, 0.29) is 11.8 Å². The molecule has 2 aliphatic rings. The molecular formula is C24H32N6O5S. The zero-order valence-electron chi connectivity index (χ0n) is 20.3. The van der Waals surface area contributed by atoms with E-state index in [9.17, 15) is 18.0 Å². The number of hydrogen-bond acceptors (Lipinski definition) is 8. The molecule has 1 aromatic heterocycles. The van der Waals surface area contributed by atoms with Crippen molar-refractivity contribution in [2.75, 3.05) is 51.8 Å². The van der Waals surface area contributed by atoms with Gasteiger partial charge in [0.25, 0.3) is 5.91 Å². The Kier molecular flexibility index (Phi) is 8.04. The summed E-state index contributed by atoms with van der Waals surface area (Å²) in [6, 6.07) is 6.44. The molecule has 3 heterocycles. The van der Waals surface area contributed by atoms with Crippen molar-refractivity contribution in [3.8, 4) is 0 Å². The maximum absolute atomic E-state index is 13.4. The molecule has 2 amide bonds. The molecule has 11 nitrogen and oxygen atoms in total. The average Bonchev–Trinajstić information content (AvgIpc) is 2.83. The van der Waals surface area contributed by atoms with Crippen LogP contribution >= 0.6 is 0 Å². The number of carbonyl (C=O) groups is 2. The zero-order chi connectivity index (χ0) is 25.7.